The van der Waals surface area contributed by atoms with Crippen molar-refractivity contribution in [3.63, 3.8) is 0 Å². The molecule has 1 N–H and O–H groups in total. The second kappa shape index (κ2) is 9.07. The SMILES string of the molecule is COC(=O)c1ccc(OC)c(NC(=O)COc2cc(C)ccc2C(C)C)c1. The number of anilines is 1. The molecule has 0 bridgehead atoms. The van der Waals surface area contributed by atoms with Crippen LogP contribution in [-0.2, 0) is 9.53 Å². The Labute approximate surface area is 159 Å². The summed E-state index contributed by atoms with van der Waals surface area (Å²) >= 11 is 0. The number of carbonyl (C=O) groups is 2. The largest absolute Gasteiger partial charge is 0.495 e. The van der Waals surface area contributed by atoms with Crippen LogP contribution in [0.15, 0.2) is 36.4 Å². The molecule has 0 aliphatic carbocycles. The lowest BCUT2D eigenvalue weighted by molar-refractivity contribution is -0.118. The summed E-state index contributed by atoms with van der Waals surface area (Å²) in [6.45, 7) is 5.95. The van der Waals surface area contributed by atoms with Crippen LogP contribution in [0, 0.1) is 6.92 Å². The average Bonchev–Trinajstić information content (AvgIpc) is 2.65. The molecule has 0 aliphatic rings. The minimum Gasteiger partial charge on any atom is -0.495 e. The fourth-order valence-electron chi connectivity index (χ4n) is 2.62. The summed E-state index contributed by atoms with van der Waals surface area (Å²) in [5.74, 6) is 0.558. The van der Waals surface area contributed by atoms with Crippen molar-refractivity contribution in [1.29, 1.82) is 0 Å². The van der Waals surface area contributed by atoms with E-state index in [0.717, 1.165) is 11.1 Å². The second-order valence-electron chi connectivity index (χ2n) is 6.44. The first-order valence-electron chi connectivity index (χ1n) is 8.65. The maximum Gasteiger partial charge on any atom is 0.337 e. The van der Waals surface area contributed by atoms with Crippen molar-refractivity contribution in [2.24, 2.45) is 0 Å². The number of aryl methyl sites for hydroxylation is 1. The monoisotopic (exact) mass is 371 g/mol. The Morgan fingerprint density at radius 1 is 1.04 bits per heavy atom. The molecule has 0 fully saturated rings. The second-order valence-corrected chi connectivity index (χ2v) is 6.44. The number of carbonyl (C=O) groups excluding carboxylic acids is 2. The molecule has 0 spiro atoms. The Bertz CT molecular complexity index is 829. The molecule has 2 aromatic rings. The molecule has 0 aromatic heterocycles. The summed E-state index contributed by atoms with van der Waals surface area (Å²) in [4.78, 5) is 24.1. The number of rotatable bonds is 7. The van der Waals surface area contributed by atoms with Crippen LogP contribution in [0.3, 0.4) is 0 Å². The fraction of sp³-hybridized carbons (Fsp3) is 0.333. The molecule has 0 atom stereocenters. The van der Waals surface area contributed by atoms with Crippen molar-refractivity contribution >= 4 is 17.6 Å². The summed E-state index contributed by atoms with van der Waals surface area (Å²) in [6.07, 6.45) is 0. The molecule has 0 aliphatic heterocycles. The van der Waals surface area contributed by atoms with E-state index in [4.69, 9.17) is 14.2 Å². The van der Waals surface area contributed by atoms with Crippen molar-refractivity contribution in [3.8, 4) is 11.5 Å². The van der Waals surface area contributed by atoms with Crippen molar-refractivity contribution < 1.29 is 23.8 Å². The maximum absolute atomic E-state index is 12.4. The average molecular weight is 371 g/mol. The van der Waals surface area contributed by atoms with Gasteiger partial charge in [0.25, 0.3) is 5.91 Å². The van der Waals surface area contributed by atoms with Gasteiger partial charge in [-0.1, -0.05) is 26.0 Å². The van der Waals surface area contributed by atoms with Crippen molar-refractivity contribution in [2.45, 2.75) is 26.7 Å². The predicted octanol–water partition coefficient (Wildman–Crippen LogP) is 3.93. The van der Waals surface area contributed by atoms with Gasteiger partial charge in [-0.15, -0.1) is 0 Å². The van der Waals surface area contributed by atoms with Gasteiger partial charge in [0.15, 0.2) is 6.61 Å². The molecular formula is C21H25NO5. The van der Waals surface area contributed by atoms with E-state index in [1.54, 1.807) is 12.1 Å². The number of amides is 1. The number of methoxy groups -OCH3 is 2. The van der Waals surface area contributed by atoms with Gasteiger partial charge in [0.2, 0.25) is 0 Å². The quantitative estimate of drug-likeness (QED) is 0.747. The van der Waals surface area contributed by atoms with Crippen molar-refractivity contribution in [2.75, 3.05) is 26.1 Å². The van der Waals surface area contributed by atoms with Crippen molar-refractivity contribution in [1.82, 2.24) is 0 Å². The number of nitrogens with one attached hydrogen (secondary N) is 1. The van der Waals surface area contributed by atoms with E-state index >= 15 is 0 Å². The van der Waals surface area contributed by atoms with Gasteiger partial charge < -0.3 is 19.5 Å². The maximum atomic E-state index is 12.4. The van der Waals surface area contributed by atoms with Crippen LogP contribution in [-0.4, -0.2) is 32.7 Å². The number of benzene rings is 2. The van der Waals surface area contributed by atoms with Crippen LogP contribution in [0.2, 0.25) is 0 Å². The third-order valence-electron chi connectivity index (χ3n) is 4.04. The van der Waals surface area contributed by atoms with E-state index in [2.05, 4.69) is 19.2 Å². The van der Waals surface area contributed by atoms with Gasteiger partial charge in [0.1, 0.15) is 11.5 Å². The van der Waals surface area contributed by atoms with Crippen LogP contribution in [0.1, 0.15) is 41.3 Å². The molecular weight excluding hydrogens is 346 g/mol. The zero-order valence-electron chi connectivity index (χ0n) is 16.3. The van der Waals surface area contributed by atoms with Gasteiger partial charge in [-0.2, -0.15) is 0 Å². The Kier molecular flexibility index (Phi) is 6.82. The van der Waals surface area contributed by atoms with Crippen LogP contribution in [0.4, 0.5) is 5.69 Å². The highest BCUT2D eigenvalue weighted by atomic mass is 16.5. The molecule has 0 saturated carbocycles. The van der Waals surface area contributed by atoms with Gasteiger partial charge in [0, 0.05) is 0 Å². The zero-order chi connectivity index (χ0) is 20.0. The molecule has 6 heteroatoms. The van der Waals surface area contributed by atoms with Crippen LogP contribution in [0.25, 0.3) is 0 Å². The molecule has 0 saturated heterocycles. The number of hydrogen-bond acceptors (Lipinski definition) is 5. The molecule has 2 rings (SSSR count). The number of esters is 1. The van der Waals surface area contributed by atoms with Gasteiger partial charge in [-0.25, -0.2) is 4.79 Å². The first-order valence-corrected chi connectivity index (χ1v) is 8.65. The van der Waals surface area contributed by atoms with E-state index in [0.29, 0.717) is 22.7 Å². The highest BCUT2D eigenvalue weighted by Gasteiger charge is 2.14. The summed E-state index contributed by atoms with van der Waals surface area (Å²) in [5, 5.41) is 2.72. The predicted molar refractivity (Wildman–Crippen MR) is 104 cm³/mol. The molecule has 0 unspecified atom stereocenters. The lowest BCUT2D eigenvalue weighted by Gasteiger charge is -2.15. The molecule has 2 aromatic carbocycles. The summed E-state index contributed by atoms with van der Waals surface area (Å²) in [6, 6.07) is 10.6. The Hall–Kier alpha value is -3.02. The van der Waals surface area contributed by atoms with Crippen LogP contribution in [0.5, 0.6) is 11.5 Å². The van der Waals surface area contributed by atoms with Gasteiger partial charge in [0.05, 0.1) is 25.5 Å². The minimum atomic E-state index is -0.495. The molecule has 27 heavy (non-hydrogen) atoms. The number of hydrogen-bond donors (Lipinski definition) is 1. The standard InChI is InChI=1S/C21H25NO5/c1-13(2)16-8-6-14(3)10-19(16)27-12-20(23)22-17-11-15(21(24)26-5)7-9-18(17)25-4/h6-11,13H,12H2,1-5H3,(H,22,23). The van der Waals surface area contributed by atoms with Crippen LogP contribution < -0.4 is 14.8 Å². The van der Waals surface area contributed by atoms with E-state index in [1.165, 1.54) is 20.3 Å². The Morgan fingerprint density at radius 2 is 1.78 bits per heavy atom. The number of ether oxygens (including phenoxy) is 3. The molecule has 0 heterocycles. The van der Waals surface area contributed by atoms with E-state index in [9.17, 15) is 9.59 Å². The van der Waals surface area contributed by atoms with E-state index in [1.807, 2.05) is 25.1 Å². The smallest absolute Gasteiger partial charge is 0.337 e. The molecule has 144 valence electrons. The topological polar surface area (TPSA) is 73.9 Å². The lowest BCUT2D eigenvalue weighted by atomic mass is 10.0. The van der Waals surface area contributed by atoms with Gasteiger partial charge in [-0.3, -0.25) is 4.79 Å². The minimum absolute atomic E-state index is 0.158. The van der Waals surface area contributed by atoms with Gasteiger partial charge in [-0.05, 0) is 48.2 Å². The van der Waals surface area contributed by atoms with Crippen molar-refractivity contribution in [3.05, 3.63) is 53.1 Å². The first kappa shape index (κ1) is 20.3. The molecule has 0 radical (unpaired) electrons. The zero-order valence-corrected chi connectivity index (χ0v) is 16.3. The van der Waals surface area contributed by atoms with E-state index in [-0.39, 0.29) is 18.4 Å². The lowest BCUT2D eigenvalue weighted by Crippen LogP contribution is -2.21. The Morgan fingerprint density at radius 3 is 2.41 bits per heavy atom. The normalized spacial score (nSPS) is 10.4. The highest BCUT2D eigenvalue weighted by molar-refractivity contribution is 5.96. The fourth-order valence-corrected chi connectivity index (χ4v) is 2.62. The first-order chi connectivity index (χ1) is 12.8. The molecule has 1 amide bonds. The third-order valence-corrected chi connectivity index (χ3v) is 4.04. The summed E-state index contributed by atoms with van der Waals surface area (Å²) in [5.41, 5.74) is 2.79. The van der Waals surface area contributed by atoms with Gasteiger partial charge >= 0.3 is 5.97 Å². The summed E-state index contributed by atoms with van der Waals surface area (Å²) in [7, 11) is 2.79. The third kappa shape index (κ3) is 5.23. The molecule has 6 nitrogen and oxygen atoms in total. The summed E-state index contributed by atoms with van der Waals surface area (Å²) < 4.78 is 15.7. The Balaban J connectivity index is 2.12. The highest BCUT2D eigenvalue weighted by Crippen LogP contribution is 2.28. The van der Waals surface area contributed by atoms with Crippen LogP contribution >= 0.6 is 0 Å². The van der Waals surface area contributed by atoms with E-state index < -0.39 is 5.97 Å².